The highest BCUT2D eigenvalue weighted by molar-refractivity contribution is 5.96. The highest BCUT2D eigenvalue weighted by Gasteiger charge is 2.38. The fourth-order valence-corrected chi connectivity index (χ4v) is 4.14. The molecule has 1 fully saturated rings. The molecule has 2 aromatic rings. The molecular formula is C21H20F6N4O2. The smallest absolute Gasteiger partial charge is 0.335 e. The zero-order valence-electron chi connectivity index (χ0n) is 17.3. The van der Waals surface area contributed by atoms with Crippen LogP contribution < -0.4 is 0 Å². The summed E-state index contributed by atoms with van der Waals surface area (Å²) >= 11 is 0. The number of hydrogen-bond donors (Lipinski definition) is 0. The molecule has 0 saturated carbocycles. The van der Waals surface area contributed by atoms with Gasteiger partial charge in [-0.2, -0.15) is 31.4 Å². The van der Waals surface area contributed by atoms with Gasteiger partial charge in [-0.15, -0.1) is 0 Å². The predicted molar refractivity (Wildman–Crippen MR) is 103 cm³/mol. The summed E-state index contributed by atoms with van der Waals surface area (Å²) in [6.07, 6.45) is -5.89. The Morgan fingerprint density at radius 3 is 1.85 bits per heavy atom. The minimum Gasteiger partial charge on any atom is -0.335 e. The van der Waals surface area contributed by atoms with Crippen LogP contribution >= 0.6 is 0 Å². The number of aromatic nitrogens is 2. The van der Waals surface area contributed by atoms with E-state index < -0.39 is 35.0 Å². The third kappa shape index (κ3) is 4.69. The van der Waals surface area contributed by atoms with E-state index in [1.54, 1.807) is 4.68 Å². The van der Waals surface area contributed by atoms with Crippen LogP contribution in [0.25, 0.3) is 0 Å². The van der Waals surface area contributed by atoms with Crippen molar-refractivity contribution in [1.82, 2.24) is 19.6 Å². The van der Waals surface area contributed by atoms with Gasteiger partial charge in [0.2, 0.25) is 0 Å². The fourth-order valence-electron chi connectivity index (χ4n) is 4.14. The maximum Gasteiger partial charge on any atom is 0.416 e. The fraction of sp³-hybridized carbons (Fsp3) is 0.476. The number of benzene rings is 1. The van der Waals surface area contributed by atoms with Gasteiger partial charge in [0.1, 0.15) is 0 Å². The van der Waals surface area contributed by atoms with Crippen molar-refractivity contribution < 1.29 is 35.9 Å². The van der Waals surface area contributed by atoms with Crippen LogP contribution in [-0.4, -0.2) is 57.6 Å². The van der Waals surface area contributed by atoms with Crippen LogP contribution in [0.15, 0.2) is 24.4 Å². The molecule has 0 bridgehead atoms. The van der Waals surface area contributed by atoms with E-state index >= 15 is 0 Å². The molecule has 6 nitrogen and oxygen atoms in total. The Bertz CT molecular complexity index is 1040. The first-order valence-electron chi connectivity index (χ1n) is 10.4. The number of alkyl halides is 6. The molecule has 1 aromatic heterocycles. The maximum atomic E-state index is 13.1. The molecule has 1 aromatic carbocycles. The van der Waals surface area contributed by atoms with Gasteiger partial charge in [0, 0.05) is 38.3 Å². The minimum atomic E-state index is -5.04. The Labute approximate surface area is 184 Å². The molecule has 0 radical (unpaired) electrons. The van der Waals surface area contributed by atoms with E-state index in [-0.39, 0.29) is 38.2 Å². The van der Waals surface area contributed by atoms with Gasteiger partial charge in [0.05, 0.1) is 28.6 Å². The Morgan fingerprint density at radius 2 is 1.30 bits per heavy atom. The van der Waals surface area contributed by atoms with Crippen molar-refractivity contribution in [1.29, 1.82) is 0 Å². The first kappa shape index (κ1) is 23.1. The molecule has 0 spiro atoms. The molecule has 0 N–H and O–H groups in total. The van der Waals surface area contributed by atoms with Crippen LogP contribution in [0.2, 0.25) is 0 Å². The van der Waals surface area contributed by atoms with Gasteiger partial charge >= 0.3 is 12.4 Å². The molecule has 2 amide bonds. The monoisotopic (exact) mass is 474 g/mol. The second kappa shape index (κ2) is 8.38. The molecule has 2 aliphatic heterocycles. The molecule has 33 heavy (non-hydrogen) atoms. The largest absolute Gasteiger partial charge is 0.416 e. The summed E-state index contributed by atoms with van der Waals surface area (Å²) in [7, 11) is 0. The van der Waals surface area contributed by atoms with Gasteiger partial charge in [-0.1, -0.05) is 0 Å². The first-order chi connectivity index (χ1) is 15.4. The lowest BCUT2D eigenvalue weighted by atomic mass is 10.0. The van der Waals surface area contributed by atoms with E-state index in [0.29, 0.717) is 17.7 Å². The molecule has 0 atom stereocenters. The number of carbonyl (C=O) groups is 2. The lowest BCUT2D eigenvalue weighted by Crippen LogP contribution is -2.50. The van der Waals surface area contributed by atoms with Crippen molar-refractivity contribution >= 4 is 11.8 Å². The number of aryl methyl sites for hydroxylation is 1. The molecule has 3 heterocycles. The zero-order valence-corrected chi connectivity index (χ0v) is 17.3. The SMILES string of the molecule is O=C(c1cc(C(F)(F)F)cc(C(F)(F)F)c1)N1CCN(C(=O)c2cnn3c2CCCC3)CC1. The highest BCUT2D eigenvalue weighted by Crippen LogP contribution is 2.36. The van der Waals surface area contributed by atoms with Crippen LogP contribution in [0.5, 0.6) is 0 Å². The summed E-state index contributed by atoms with van der Waals surface area (Å²) in [5.41, 5.74) is -2.43. The third-order valence-corrected chi connectivity index (χ3v) is 5.90. The standard InChI is InChI=1S/C21H20F6N4O2/c22-20(23,24)14-9-13(10-15(11-14)21(25,26)27)18(32)29-5-7-30(8-6-29)19(33)16-12-28-31-4-2-1-3-17(16)31/h9-12H,1-8H2. The van der Waals surface area contributed by atoms with Gasteiger partial charge < -0.3 is 9.80 Å². The molecule has 0 unspecified atom stereocenters. The Hall–Kier alpha value is -3.05. The quantitative estimate of drug-likeness (QED) is 0.622. The van der Waals surface area contributed by atoms with Crippen molar-refractivity contribution in [3.63, 3.8) is 0 Å². The molecule has 2 aliphatic rings. The normalized spacial score (nSPS) is 17.2. The highest BCUT2D eigenvalue weighted by atomic mass is 19.4. The number of halogens is 6. The Balaban J connectivity index is 1.48. The van der Waals surface area contributed by atoms with Crippen LogP contribution in [0.4, 0.5) is 26.3 Å². The van der Waals surface area contributed by atoms with Gasteiger partial charge in [-0.3, -0.25) is 14.3 Å². The summed E-state index contributed by atoms with van der Waals surface area (Å²) in [5, 5.41) is 4.23. The van der Waals surface area contributed by atoms with Gasteiger partial charge in [-0.05, 0) is 37.5 Å². The van der Waals surface area contributed by atoms with Crippen LogP contribution in [0.1, 0.15) is 50.4 Å². The number of hydrogen-bond acceptors (Lipinski definition) is 3. The molecule has 0 aliphatic carbocycles. The van der Waals surface area contributed by atoms with Crippen LogP contribution in [0.3, 0.4) is 0 Å². The maximum absolute atomic E-state index is 13.1. The average Bonchev–Trinajstić information content (AvgIpc) is 3.21. The van der Waals surface area contributed by atoms with Crippen molar-refractivity contribution in [2.45, 2.75) is 38.2 Å². The van der Waals surface area contributed by atoms with Crippen molar-refractivity contribution in [3.05, 3.63) is 52.3 Å². The van der Waals surface area contributed by atoms with Crippen molar-refractivity contribution in [2.24, 2.45) is 0 Å². The molecular weight excluding hydrogens is 454 g/mol. The first-order valence-corrected chi connectivity index (χ1v) is 10.4. The third-order valence-electron chi connectivity index (χ3n) is 5.90. The van der Waals surface area contributed by atoms with Crippen LogP contribution in [-0.2, 0) is 25.3 Å². The number of fused-ring (bicyclic) bond motifs is 1. The summed E-state index contributed by atoms with van der Waals surface area (Å²) in [6.45, 7) is 0.944. The zero-order chi connectivity index (χ0) is 24.0. The number of piperazine rings is 1. The van der Waals surface area contributed by atoms with Crippen molar-refractivity contribution in [2.75, 3.05) is 26.2 Å². The summed E-state index contributed by atoms with van der Waals surface area (Å²) in [4.78, 5) is 28.3. The lowest BCUT2D eigenvalue weighted by Gasteiger charge is -2.35. The van der Waals surface area contributed by atoms with E-state index in [9.17, 15) is 35.9 Å². The summed E-state index contributed by atoms with van der Waals surface area (Å²) in [6, 6.07) is 0.836. The number of carbonyl (C=O) groups excluding carboxylic acids is 2. The van der Waals surface area contributed by atoms with E-state index in [1.165, 1.54) is 11.1 Å². The number of nitrogens with zero attached hydrogens (tertiary/aromatic N) is 4. The van der Waals surface area contributed by atoms with Gasteiger partial charge in [-0.25, -0.2) is 0 Å². The average molecular weight is 474 g/mol. The van der Waals surface area contributed by atoms with E-state index in [0.717, 1.165) is 36.4 Å². The Morgan fingerprint density at radius 1 is 0.758 bits per heavy atom. The Kier molecular flexibility index (Phi) is 5.87. The number of rotatable bonds is 2. The molecule has 12 heteroatoms. The lowest BCUT2D eigenvalue weighted by molar-refractivity contribution is -0.143. The van der Waals surface area contributed by atoms with Gasteiger partial charge in [0.25, 0.3) is 11.8 Å². The van der Waals surface area contributed by atoms with Crippen molar-refractivity contribution in [3.8, 4) is 0 Å². The number of amides is 2. The minimum absolute atomic E-state index is 0.00829. The van der Waals surface area contributed by atoms with E-state index in [1.807, 2.05) is 0 Å². The second-order valence-electron chi connectivity index (χ2n) is 8.06. The van der Waals surface area contributed by atoms with E-state index in [2.05, 4.69) is 5.10 Å². The summed E-state index contributed by atoms with van der Waals surface area (Å²) < 4.78 is 80.4. The van der Waals surface area contributed by atoms with E-state index in [4.69, 9.17) is 0 Å². The van der Waals surface area contributed by atoms with Crippen LogP contribution in [0, 0.1) is 0 Å². The molecule has 1 saturated heterocycles. The molecule has 4 rings (SSSR count). The molecule has 178 valence electrons. The second-order valence-corrected chi connectivity index (χ2v) is 8.06. The topological polar surface area (TPSA) is 58.4 Å². The summed E-state index contributed by atoms with van der Waals surface area (Å²) in [5.74, 6) is -1.19. The van der Waals surface area contributed by atoms with Gasteiger partial charge in [0.15, 0.2) is 0 Å². The predicted octanol–water partition coefficient (Wildman–Crippen LogP) is 3.86.